The highest BCUT2D eigenvalue weighted by molar-refractivity contribution is 5.80. The second-order valence-electron chi connectivity index (χ2n) is 6.90. The summed E-state index contributed by atoms with van der Waals surface area (Å²) >= 11 is 0. The number of aryl methyl sites for hydroxylation is 1. The summed E-state index contributed by atoms with van der Waals surface area (Å²) in [5, 5.41) is 14.0. The van der Waals surface area contributed by atoms with Crippen molar-refractivity contribution in [3.63, 3.8) is 0 Å². The lowest BCUT2D eigenvalue weighted by molar-refractivity contribution is -0.384. The smallest absolute Gasteiger partial charge is 0.308 e. The molecule has 0 aromatic heterocycles. The van der Waals surface area contributed by atoms with Crippen LogP contribution in [0, 0.1) is 16.0 Å². The van der Waals surface area contributed by atoms with Gasteiger partial charge in [-0.2, -0.15) is 0 Å². The summed E-state index contributed by atoms with van der Waals surface area (Å²) in [6.45, 7) is 5.18. The predicted molar refractivity (Wildman–Crippen MR) is 108 cm³/mol. The van der Waals surface area contributed by atoms with Crippen molar-refractivity contribution in [3.05, 3.63) is 39.9 Å². The number of hydrogen-bond acceptors (Lipinski definition) is 5. The molecule has 0 atom stereocenters. The van der Waals surface area contributed by atoms with Crippen molar-refractivity contribution in [3.8, 4) is 0 Å². The van der Waals surface area contributed by atoms with Crippen LogP contribution in [0.25, 0.3) is 0 Å². The molecule has 0 saturated carbocycles. The fourth-order valence-corrected chi connectivity index (χ4v) is 3.33. The summed E-state index contributed by atoms with van der Waals surface area (Å²) in [5.41, 5.74) is 1.23. The van der Waals surface area contributed by atoms with Gasteiger partial charge in [0.05, 0.1) is 18.0 Å². The molecule has 0 aliphatic carbocycles. The number of methoxy groups -OCH3 is 1. The number of carbonyl (C=O) groups excluding carboxylic acids is 1. The Morgan fingerprint density at radius 2 is 1.96 bits per heavy atom. The number of nitrogens with zero attached hydrogens (tertiary/aromatic N) is 3. The van der Waals surface area contributed by atoms with E-state index in [1.54, 1.807) is 12.1 Å². The number of unbranched alkanes of at least 4 members (excludes halogenated alkanes) is 1. The lowest BCUT2D eigenvalue weighted by Gasteiger charge is -2.33. The van der Waals surface area contributed by atoms with Gasteiger partial charge in [0.15, 0.2) is 5.96 Å². The molecule has 1 heterocycles. The number of non-ortho nitro benzene ring substituents is 1. The van der Waals surface area contributed by atoms with Crippen LogP contribution in [-0.4, -0.2) is 55.0 Å². The predicted octanol–water partition coefficient (Wildman–Crippen LogP) is 2.77. The Hall–Kier alpha value is -2.64. The summed E-state index contributed by atoms with van der Waals surface area (Å²) in [6.07, 6.45) is 4.39. The third kappa shape index (κ3) is 6.51. The Balaban J connectivity index is 1.76. The number of benzene rings is 1. The number of nitro benzene ring substituents is 1. The average molecular weight is 390 g/mol. The minimum atomic E-state index is -0.380. The maximum absolute atomic E-state index is 11.7. The number of aliphatic imine (C=N–C) groups is 1. The average Bonchev–Trinajstić information content (AvgIpc) is 2.72. The molecule has 8 nitrogen and oxygen atoms in total. The van der Waals surface area contributed by atoms with Gasteiger partial charge in [0.1, 0.15) is 0 Å². The van der Waals surface area contributed by atoms with Gasteiger partial charge in [-0.05, 0) is 44.6 Å². The van der Waals surface area contributed by atoms with Crippen LogP contribution in [0.5, 0.6) is 0 Å². The van der Waals surface area contributed by atoms with Crippen LogP contribution in [0.4, 0.5) is 5.69 Å². The number of esters is 1. The van der Waals surface area contributed by atoms with Crippen molar-refractivity contribution >= 4 is 17.6 Å². The zero-order valence-corrected chi connectivity index (χ0v) is 16.7. The van der Waals surface area contributed by atoms with Gasteiger partial charge in [-0.15, -0.1) is 0 Å². The number of piperidine rings is 1. The zero-order valence-electron chi connectivity index (χ0n) is 16.7. The van der Waals surface area contributed by atoms with Gasteiger partial charge in [-0.25, -0.2) is 0 Å². The Bertz CT molecular complexity index is 667. The standard InChI is InChI=1S/C20H30N4O4/c1-3-21-20(23-14-11-17(12-15-23)19(25)28-2)22-13-5-4-6-16-7-9-18(10-8-16)24(26)27/h7-10,17H,3-6,11-15H2,1-2H3,(H,21,22). The summed E-state index contributed by atoms with van der Waals surface area (Å²) in [5.74, 6) is 0.778. The first-order valence-corrected chi connectivity index (χ1v) is 9.89. The second kappa shape index (κ2) is 11.3. The topological polar surface area (TPSA) is 97.1 Å². The van der Waals surface area contributed by atoms with Gasteiger partial charge in [0.25, 0.3) is 5.69 Å². The van der Waals surface area contributed by atoms with Gasteiger partial charge in [0, 0.05) is 38.3 Å². The normalized spacial score (nSPS) is 15.4. The molecule has 0 bridgehead atoms. The van der Waals surface area contributed by atoms with Crippen molar-refractivity contribution in [1.82, 2.24) is 10.2 Å². The van der Waals surface area contributed by atoms with Crippen LogP contribution in [0.3, 0.4) is 0 Å². The van der Waals surface area contributed by atoms with E-state index >= 15 is 0 Å². The van der Waals surface area contributed by atoms with E-state index < -0.39 is 0 Å². The molecule has 0 spiro atoms. The molecule has 154 valence electrons. The van der Waals surface area contributed by atoms with Crippen LogP contribution < -0.4 is 5.32 Å². The summed E-state index contributed by atoms with van der Waals surface area (Å²) in [4.78, 5) is 28.9. The molecular formula is C20H30N4O4. The van der Waals surface area contributed by atoms with Crippen LogP contribution in [0.2, 0.25) is 0 Å². The molecule has 1 aromatic carbocycles. The quantitative estimate of drug-likeness (QED) is 0.183. The molecule has 1 fully saturated rings. The SMILES string of the molecule is CCNC(=NCCCCc1ccc([N+](=O)[O-])cc1)N1CCC(C(=O)OC)CC1. The van der Waals surface area contributed by atoms with Crippen LogP contribution in [-0.2, 0) is 16.0 Å². The van der Waals surface area contributed by atoms with Crippen molar-refractivity contribution in [2.24, 2.45) is 10.9 Å². The van der Waals surface area contributed by atoms with E-state index in [1.807, 2.05) is 19.1 Å². The lowest BCUT2D eigenvalue weighted by atomic mass is 9.97. The molecule has 0 amide bonds. The van der Waals surface area contributed by atoms with Gasteiger partial charge >= 0.3 is 5.97 Å². The van der Waals surface area contributed by atoms with E-state index in [0.717, 1.165) is 69.8 Å². The monoisotopic (exact) mass is 390 g/mol. The summed E-state index contributed by atoms with van der Waals surface area (Å²) in [7, 11) is 1.44. The molecule has 28 heavy (non-hydrogen) atoms. The van der Waals surface area contributed by atoms with E-state index in [9.17, 15) is 14.9 Å². The summed E-state index contributed by atoms with van der Waals surface area (Å²) in [6, 6.07) is 6.73. The van der Waals surface area contributed by atoms with E-state index in [0.29, 0.717) is 0 Å². The third-order valence-corrected chi connectivity index (χ3v) is 4.95. The molecule has 1 aliphatic heterocycles. The molecule has 1 aromatic rings. The van der Waals surface area contributed by atoms with E-state index in [4.69, 9.17) is 9.73 Å². The summed E-state index contributed by atoms with van der Waals surface area (Å²) < 4.78 is 4.84. The van der Waals surface area contributed by atoms with Crippen LogP contribution in [0.1, 0.15) is 38.2 Å². The third-order valence-electron chi connectivity index (χ3n) is 4.95. The fraction of sp³-hybridized carbons (Fsp3) is 0.600. The zero-order chi connectivity index (χ0) is 20.4. The highest BCUT2D eigenvalue weighted by Crippen LogP contribution is 2.18. The van der Waals surface area contributed by atoms with Gasteiger partial charge in [-0.1, -0.05) is 12.1 Å². The molecule has 0 unspecified atom stereocenters. The highest BCUT2D eigenvalue weighted by Gasteiger charge is 2.26. The minimum absolute atomic E-state index is 0.00850. The first-order valence-electron chi connectivity index (χ1n) is 9.89. The Morgan fingerprint density at radius 1 is 1.29 bits per heavy atom. The second-order valence-corrected chi connectivity index (χ2v) is 6.90. The number of nitro groups is 1. The molecule has 0 radical (unpaired) electrons. The number of rotatable bonds is 8. The van der Waals surface area contributed by atoms with Crippen LogP contribution in [0.15, 0.2) is 29.3 Å². The van der Waals surface area contributed by atoms with E-state index in [1.165, 1.54) is 7.11 Å². The van der Waals surface area contributed by atoms with Gasteiger partial charge in [-0.3, -0.25) is 19.9 Å². The maximum Gasteiger partial charge on any atom is 0.308 e. The van der Waals surface area contributed by atoms with E-state index in [2.05, 4.69) is 10.2 Å². The number of nitrogens with one attached hydrogen (secondary N) is 1. The minimum Gasteiger partial charge on any atom is -0.469 e. The van der Waals surface area contributed by atoms with Crippen LogP contribution >= 0.6 is 0 Å². The maximum atomic E-state index is 11.7. The fourth-order valence-electron chi connectivity index (χ4n) is 3.33. The molecule has 2 rings (SSSR count). The number of hydrogen-bond donors (Lipinski definition) is 1. The molecular weight excluding hydrogens is 360 g/mol. The lowest BCUT2D eigenvalue weighted by Crippen LogP contribution is -2.46. The van der Waals surface area contributed by atoms with E-state index in [-0.39, 0.29) is 22.5 Å². The van der Waals surface area contributed by atoms with Crippen molar-refractivity contribution in [2.45, 2.75) is 39.0 Å². The number of ether oxygens (including phenoxy) is 1. The number of guanidine groups is 1. The molecule has 8 heteroatoms. The van der Waals surface area contributed by atoms with Gasteiger partial charge in [0.2, 0.25) is 0 Å². The largest absolute Gasteiger partial charge is 0.469 e. The Kier molecular flexibility index (Phi) is 8.71. The molecule has 1 saturated heterocycles. The Morgan fingerprint density at radius 3 is 2.54 bits per heavy atom. The first kappa shape index (κ1) is 21.7. The Labute approximate surface area is 166 Å². The number of likely N-dealkylation sites (tertiary alicyclic amines) is 1. The van der Waals surface area contributed by atoms with Gasteiger partial charge < -0.3 is 15.0 Å². The molecule has 1 N–H and O–H groups in total. The van der Waals surface area contributed by atoms with Crippen molar-refractivity contribution in [2.75, 3.05) is 33.3 Å². The molecule has 1 aliphatic rings. The highest BCUT2D eigenvalue weighted by atomic mass is 16.6. The van der Waals surface area contributed by atoms with Crippen molar-refractivity contribution < 1.29 is 14.5 Å². The first-order chi connectivity index (χ1) is 13.5. The van der Waals surface area contributed by atoms with Crippen molar-refractivity contribution in [1.29, 1.82) is 0 Å². The number of carbonyl (C=O) groups is 1.